The van der Waals surface area contributed by atoms with Crippen molar-refractivity contribution >= 4 is 17.5 Å². The smallest absolute Gasteiger partial charge is 0.240 e. The Hall–Kier alpha value is -2.76. The van der Waals surface area contributed by atoms with Crippen molar-refractivity contribution in [3.8, 4) is 0 Å². The predicted molar refractivity (Wildman–Crippen MR) is 80.5 cm³/mol. The van der Waals surface area contributed by atoms with Crippen molar-refractivity contribution in [2.45, 2.75) is 13.5 Å². The molecule has 2 amide bonds. The summed E-state index contributed by atoms with van der Waals surface area (Å²) in [5.74, 6) is -1.00. The standard InChI is InChI=1S/C16H16FN3O2/c1-12(21)20(15-7-5-13(17)6-8-15)11-16(22)19-10-14-4-2-3-9-18-14/h2-9H,10-11H2,1H3,(H,19,22). The molecule has 0 aliphatic carbocycles. The molecule has 0 fully saturated rings. The van der Waals surface area contributed by atoms with Gasteiger partial charge in [0.05, 0.1) is 12.2 Å². The highest BCUT2D eigenvalue weighted by molar-refractivity contribution is 5.97. The fourth-order valence-electron chi connectivity index (χ4n) is 1.90. The van der Waals surface area contributed by atoms with Crippen molar-refractivity contribution < 1.29 is 14.0 Å². The van der Waals surface area contributed by atoms with E-state index in [4.69, 9.17) is 0 Å². The first-order valence-electron chi connectivity index (χ1n) is 6.76. The minimum absolute atomic E-state index is 0.131. The molecule has 0 aliphatic rings. The number of pyridine rings is 1. The van der Waals surface area contributed by atoms with E-state index in [1.54, 1.807) is 18.3 Å². The Balaban J connectivity index is 1.97. The van der Waals surface area contributed by atoms with E-state index in [9.17, 15) is 14.0 Å². The molecular formula is C16H16FN3O2. The third kappa shape index (κ3) is 4.37. The number of amides is 2. The number of nitrogens with zero attached hydrogens (tertiary/aromatic N) is 2. The summed E-state index contributed by atoms with van der Waals surface area (Å²) in [5.41, 5.74) is 1.20. The molecule has 0 bridgehead atoms. The number of carbonyl (C=O) groups excluding carboxylic acids is 2. The molecule has 0 atom stereocenters. The first kappa shape index (κ1) is 15.6. The number of nitrogens with one attached hydrogen (secondary N) is 1. The van der Waals surface area contributed by atoms with Gasteiger partial charge in [0.25, 0.3) is 0 Å². The van der Waals surface area contributed by atoms with E-state index in [0.717, 1.165) is 5.69 Å². The summed E-state index contributed by atoms with van der Waals surface area (Å²) in [5, 5.41) is 2.70. The molecule has 2 aromatic rings. The maximum absolute atomic E-state index is 12.9. The molecule has 0 radical (unpaired) electrons. The third-order valence-corrected chi connectivity index (χ3v) is 3.01. The van der Waals surface area contributed by atoms with Crippen LogP contribution in [0.3, 0.4) is 0 Å². The van der Waals surface area contributed by atoms with Crippen LogP contribution in [0.4, 0.5) is 10.1 Å². The van der Waals surface area contributed by atoms with Gasteiger partial charge in [-0.3, -0.25) is 14.6 Å². The molecule has 0 aliphatic heterocycles. The highest BCUT2D eigenvalue weighted by Crippen LogP contribution is 2.14. The van der Waals surface area contributed by atoms with Gasteiger partial charge in [0, 0.05) is 18.8 Å². The monoisotopic (exact) mass is 301 g/mol. The van der Waals surface area contributed by atoms with Crippen LogP contribution in [0.25, 0.3) is 0 Å². The number of hydrogen-bond acceptors (Lipinski definition) is 3. The number of halogens is 1. The van der Waals surface area contributed by atoms with Gasteiger partial charge in [-0.2, -0.15) is 0 Å². The number of hydrogen-bond donors (Lipinski definition) is 1. The van der Waals surface area contributed by atoms with Crippen LogP contribution >= 0.6 is 0 Å². The van der Waals surface area contributed by atoms with Crippen LogP contribution in [-0.4, -0.2) is 23.3 Å². The summed E-state index contributed by atoms with van der Waals surface area (Å²) in [4.78, 5) is 29.0. The van der Waals surface area contributed by atoms with E-state index in [2.05, 4.69) is 10.3 Å². The summed E-state index contributed by atoms with van der Waals surface area (Å²) in [7, 11) is 0. The average molecular weight is 301 g/mol. The van der Waals surface area contributed by atoms with E-state index in [-0.39, 0.29) is 24.9 Å². The maximum Gasteiger partial charge on any atom is 0.240 e. The van der Waals surface area contributed by atoms with Crippen LogP contribution in [-0.2, 0) is 16.1 Å². The molecule has 0 saturated heterocycles. The zero-order valence-electron chi connectivity index (χ0n) is 12.1. The number of anilines is 1. The Kier molecular flexibility index (Phi) is 5.19. The van der Waals surface area contributed by atoms with Crippen molar-refractivity contribution in [2.24, 2.45) is 0 Å². The molecule has 0 saturated carbocycles. The lowest BCUT2D eigenvalue weighted by molar-refractivity contribution is -0.123. The van der Waals surface area contributed by atoms with E-state index in [1.165, 1.54) is 36.1 Å². The lowest BCUT2D eigenvalue weighted by Crippen LogP contribution is -2.39. The lowest BCUT2D eigenvalue weighted by atomic mass is 10.2. The van der Waals surface area contributed by atoms with E-state index < -0.39 is 5.82 Å². The minimum Gasteiger partial charge on any atom is -0.349 e. The largest absolute Gasteiger partial charge is 0.349 e. The Morgan fingerprint density at radius 2 is 1.91 bits per heavy atom. The average Bonchev–Trinajstić information content (AvgIpc) is 2.52. The Morgan fingerprint density at radius 1 is 1.18 bits per heavy atom. The van der Waals surface area contributed by atoms with E-state index in [0.29, 0.717) is 5.69 Å². The van der Waals surface area contributed by atoms with Crippen LogP contribution in [0.15, 0.2) is 48.7 Å². The Bertz CT molecular complexity index is 644. The Morgan fingerprint density at radius 3 is 2.50 bits per heavy atom. The fourth-order valence-corrected chi connectivity index (χ4v) is 1.90. The van der Waals surface area contributed by atoms with Gasteiger partial charge in [-0.15, -0.1) is 0 Å². The first-order valence-corrected chi connectivity index (χ1v) is 6.76. The topological polar surface area (TPSA) is 62.3 Å². The molecule has 0 spiro atoms. The van der Waals surface area contributed by atoms with Gasteiger partial charge in [-0.25, -0.2) is 4.39 Å². The second-order valence-corrected chi connectivity index (χ2v) is 4.68. The van der Waals surface area contributed by atoms with Crippen molar-refractivity contribution in [1.82, 2.24) is 10.3 Å². The summed E-state index contributed by atoms with van der Waals surface area (Å²) < 4.78 is 12.9. The number of aromatic nitrogens is 1. The van der Waals surface area contributed by atoms with Crippen molar-refractivity contribution in [1.29, 1.82) is 0 Å². The van der Waals surface area contributed by atoms with E-state index >= 15 is 0 Å². The third-order valence-electron chi connectivity index (χ3n) is 3.01. The van der Waals surface area contributed by atoms with Crippen LogP contribution in [0.2, 0.25) is 0 Å². The molecule has 1 aromatic carbocycles. The second kappa shape index (κ2) is 7.31. The molecule has 5 nitrogen and oxygen atoms in total. The maximum atomic E-state index is 12.9. The second-order valence-electron chi connectivity index (χ2n) is 4.68. The zero-order valence-corrected chi connectivity index (χ0v) is 12.1. The minimum atomic E-state index is -0.396. The van der Waals surface area contributed by atoms with Gasteiger partial charge in [0.2, 0.25) is 11.8 Å². The molecule has 1 heterocycles. The summed E-state index contributed by atoms with van der Waals surface area (Å²) in [6, 6.07) is 10.8. The molecule has 1 aromatic heterocycles. The summed E-state index contributed by atoms with van der Waals surface area (Å²) in [6.45, 7) is 1.51. The fraction of sp³-hybridized carbons (Fsp3) is 0.188. The number of benzene rings is 1. The normalized spacial score (nSPS) is 10.1. The van der Waals surface area contributed by atoms with Gasteiger partial charge in [-0.05, 0) is 36.4 Å². The van der Waals surface area contributed by atoms with Crippen molar-refractivity contribution in [3.63, 3.8) is 0 Å². The highest BCUT2D eigenvalue weighted by Gasteiger charge is 2.15. The summed E-state index contributed by atoms with van der Waals surface area (Å²) >= 11 is 0. The van der Waals surface area contributed by atoms with Gasteiger partial charge >= 0.3 is 0 Å². The van der Waals surface area contributed by atoms with Crippen LogP contribution in [0.5, 0.6) is 0 Å². The quantitative estimate of drug-likeness (QED) is 0.917. The molecule has 0 unspecified atom stereocenters. The predicted octanol–water partition coefficient (Wildman–Crippen LogP) is 1.89. The van der Waals surface area contributed by atoms with Gasteiger partial charge < -0.3 is 10.2 Å². The first-order chi connectivity index (χ1) is 10.6. The SMILES string of the molecule is CC(=O)N(CC(=O)NCc1ccccn1)c1ccc(F)cc1. The molecule has 6 heteroatoms. The van der Waals surface area contributed by atoms with Crippen LogP contribution < -0.4 is 10.2 Å². The van der Waals surface area contributed by atoms with Gasteiger partial charge in [0.15, 0.2) is 0 Å². The van der Waals surface area contributed by atoms with Crippen molar-refractivity contribution in [3.05, 3.63) is 60.2 Å². The number of carbonyl (C=O) groups is 2. The van der Waals surface area contributed by atoms with Crippen molar-refractivity contribution in [2.75, 3.05) is 11.4 Å². The van der Waals surface area contributed by atoms with E-state index in [1.807, 2.05) is 6.07 Å². The molecule has 114 valence electrons. The zero-order chi connectivity index (χ0) is 15.9. The summed E-state index contributed by atoms with van der Waals surface area (Å²) in [6.07, 6.45) is 1.64. The van der Waals surface area contributed by atoms with Crippen LogP contribution in [0, 0.1) is 5.82 Å². The van der Waals surface area contributed by atoms with Crippen LogP contribution in [0.1, 0.15) is 12.6 Å². The molecular weight excluding hydrogens is 285 g/mol. The number of rotatable bonds is 5. The lowest BCUT2D eigenvalue weighted by Gasteiger charge is -2.20. The molecule has 1 N–H and O–H groups in total. The van der Waals surface area contributed by atoms with Gasteiger partial charge in [0.1, 0.15) is 12.4 Å². The Labute approximate surface area is 127 Å². The molecule has 2 rings (SSSR count). The highest BCUT2D eigenvalue weighted by atomic mass is 19.1. The van der Waals surface area contributed by atoms with Gasteiger partial charge in [-0.1, -0.05) is 6.07 Å². The molecule has 22 heavy (non-hydrogen) atoms.